The van der Waals surface area contributed by atoms with E-state index in [0.29, 0.717) is 12.8 Å². The summed E-state index contributed by atoms with van der Waals surface area (Å²) in [5.74, 6) is -1.01. The molecule has 0 saturated carbocycles. The van der Waals surface area contributed by atoms with Crippen molar-refractivity contribution in [3.05, 3.63) is 0 Å². The van der Waals surface area contributed by atoms with Crippen molar-refractivity contribution < 1.29 is 29.3 Å². The molecular formula is C16H28O6. The zero-order valence-corrected chi connectivity index (χ0v) is 13.5. The summed E-state index contributed by atoms with van der Waals surface area (Å²) >= 11 is 0. The molecule has 0 aliphatic carbocycles. The minimum absolute atomic E-state index is 0.181. The first kappa shape index (κ1) is 18.9. The fraction of sp³-hybridized carbons (Fsp3) is 0.875. The average Bonchev–Trinajstić information content (AvgIpc) is 2.71. The van der Waals surface area contributed by atoms with Gasteiger partial charge in [-0.1, -0.05) is 32.1 Å². The van der Waals surface area contributed by atoms with Gasteiger partial charge in [0.25, 0.3) is 0 Å². The smallest absolute Gasteiger partial charge is 0.313 e. The van der Waals surface area contributed by atoms with Gasteiger partial charge in [0, 0.05) is 6.92 Å². The maximum atomic E-state index is 11.8. The van der Waals surface area contributed by atoms with E-state index in [1.165, 1.54) is 6.92 Å². The van der Waals surface area contributed by atoms with Crippen LogP contribution in [0.4, 0.5) is 0 Å². The molecular weight excluding hydrogens is 288 g/mol. The Balaban J connectivity index is 2.19. The van der Waals surface area contributed by atoms with Gasteiger partial charge in [-0.15, -0.1) is 0 Å². The van der Waals surface area contributed by atoms with E-state index in [2.05, 4.69) is 0 Å². The summed E-state index contributed by atoms with van der Waals surface area (Å²) in [6.45, 7) is 2.91. The fourth-order valence-corrected chi connectivity index (χ4v) is 2.82. The molecule has 1 fully saturated rings. The third kappa shape index (κ3) is 6.32. The van der Waals surface area contributed by atoms with Crippen molar-refractivity contribution >= 4 is 11.9 Å². The number of cyclic esters (lactones) is 1. The lowest BCUT2D eigenvalue weighted by Crippen LogP contribution is -2.30. The number of carbonyl (C=O) groups is 2. The Kier molecular flexibility index (Phi) is 8.42. The van der Waals surface area contributed by atoms with E-state index < -0.39 is 12.2 Å². The van der Waals surface area contributed by atoms with E-state index in [1.54, 1.807) is 6.92 Å². The van der Waals surface area contributed by atoms with Crippen LogP contribution in [0, 0.1) is 5.92 Å². The number of unbranched alkanes of at least 4 members (excludes halogenated alkanes) is 4. The quantitative estimate of drug-likeness (QED) is 0.469. The highest BCUT2D eigenvalue weighted by Crippen LogP contribution is 2.29. The topological polar surface area (TPSA) is 93.1 Å². The number of aliphatic hydroxyl groups excluding tert-OH is 2. The molecule has 0 spiro atoms. The molecule has 1 aliphatic heterocycles. The number of esters is 2. The minimum atomic E-state index is -0.612. The van der Waals surface area contributed by atoms with Gasteiger partial charge in [0.2, 0.25) is 0 Å². The van der Waals surface area contributed by atoms with Crippen molar-refractivity contribution in [1.82, 2.24) is 0 Å². The van der Waals surface area contributed by atoms with Gasteiger partial charge in [-0.25, -0.2) is 0 Å². The third-order valence-corrected chi connectivity index (χ3v) is 4.03. The number of carbonyl (C=O) groups excluding carboxylic acids is 2. The number of hydrogen-bond donors (Lipinski definition) is 2. The second-order valence-electron chi connectivity index (χ2n) is 6.00. The van der Waals surface area contributed by atoms with Crippen LogP contribution in [0.15, 0.2) is 0 Å². The second-order valence-corrected chi connectivity index (χ2v) is 6.00. The van der Waals surface area contributed by atoms with E-state index in [1.807, 2.05) is 0 Å². The van der Waals surface area contributed by atoms with Gasteiger partial charge < -0.3 is 19.7 Å². The molecule has 1 rings (SSSR count). The van der Waals surface area contributed by atoms with Crippen molar-refractivity contribution in [3.63, 3.8) is 0 Å². The molecule has 0 amide bonds. The maximum Gasteiger partial charge on any atom is 0.313 e. The molecule has 2 N–H and O–H groups in total. The first-order chi connectivity index (χ1) is 10.5. The highest BCUT2D eigenvalue weighted by molar-refractivity contribution is 5.76. The van der Waals surface area contributed by atoms with Gasteiger partial charge in [-0.05, 0) is 19.8 Å². The fourth-order valence-electron chi connectivity index (χ4n) is 2.82. The normalized spacial score (nSPS) is 25.8. The molecule has 1 aliphatic rings. The summed E-state index contributed by atoms with van der Waals surface area (Å²) in [5.41, 5.74) is 0. The minimum Gasteiger partial charge on any atom is -0.458 e. The molecule has 0 bridgehead atoms. The first-order valence-electron chi connectivity index (χ1n) is 8.12. The van der Waals surface area contributed by atoms with Crippen LogP contribution < -0.4 is 0 Å². The number of aliphatic hydroxyl groups is 2. The highest BCUT2D eigenvalue weighted by atomic mass is 16.6. The average molecular weight is 316 g/mol. The summed E-state index contributed by atoms with van der Waals surface area (Å²) < 4.78 is 10.4. The molecule has 22 heavy (non-hydrogen) atoms. The SMILES string of the molecule is CC(=O)OC1C(CCCCCCC[C@H](O)CO)C(=O)O[C@H]1C. The van der Waals surface area contributed by atoms with Crippen LogP contribution in [0.1, 0.15) is 58.8 Å². The van der Waals surface area contributed by atoms with Gasteiger partial charge in [0.15, 0.2) is 6.10 Å². The number of ether oxygens (including phenoxy) is 2. The zero-order chi connectivity index (χ0) is 16.5. The molecule has 0 radical (unpaired) electrons. The predicted molar refractivity (Wildman–Crippen MR) is 80.0 cm³/mol. The van der Waals surface area contributed by atoms with Crippen molar-refractivity contribution in [1.29, 1.82) is 0 Å². The summed E-state index contributed by atoms with van der Waals surface area (Å²) in [6.07, 6.45) is 4.61. The first-order valence-corrected chi connectivity index (χ1v) is 8.12. The zero-order valence-electron chi connectivity index (χ0n) is 13.5. The van der Waals surface area contributed by atoms with Crippen molar-refractivity contribution in [3.8, 4) is 0 Å². The molecule has 128 valence electrons. The van der Waals surface area contributed by atoms with Gasteiger partial charge in [-0.2, -0.15) is 0 Å². The van der Waals surface area contributed by atoms with Crippen molar-refractivity contribution in [2.45, 2.75) is 77.1 Å². The standard InChI is InChI=1S/C16H28O6/c1-11-15(22-12(2)18)14(16(20)21-11)9-7-5-3-4-6-8-13(19)10-17/h11,13-15,17,19H,3-10H2,1-2H3/t11-,13-,14?,15?/m0/s1. The summed E-state index contributed by atoms with van der Waals surface area (Å²) in [7, 11) is 0. The largest absolute Gasteiger partial charge is 0.458 e. The number of hydrogen-bond acceptors (Lipinski definition) is 6. The number of rotatable bonds is 10. The summed E-state index contributed by atoms with van der Waals surface area (Å²) in [5, 5.41) is 17.9. The van der Waals surface area contributed by atoms with Crippen molar-refractivity contribution in [2.24, 2.45) is 5.92 Å². The van der Waals surface area contributed by atoms with E-state index in [9.17, 15) is 14.7 Å². The highest BCUT2D eigenvalue weighted by Gasteiger charge is 2.44. The molecule has 4 atom stereocenters. The Morgan fingerprint density at radius 2 is 1.91 bits per heavy atom. The van der Waals surface area contributed by atoms with Gasteiger partial charge in [-0.3, -0.25) is 9.59 Å². The molecule has 1 saturated heterocycles. The summed E-state index contributed by atoms with van der Waals surface area (Å²) in [4.78, 5) is 22.9. The van der Waals surface area contributed by atoms with Gasteiger partial charge >= 0.3 is 11.9 Å². The Morgan fingerprint density at radius 1 is 1.27 bits per heavy atom. The Labute approximate surface area is 131 Å². The maximum absolute atomic E-state index is 11.8. The van der Waals surface area contributed by atoms with E-state index >= 15 is 0 Å². The molecule has 1 heterocycles. The van der Waals surface area contributed by atoms with Crippen LogP contribution >= 0.6 is 0 Å². The van der Waals surface area contributed by atoms with E-state index in [-0.39, 0.29) is 30.6 Å². The van der Waals surface area contributed by atoms with Crippen LogP contribution in [-0.4, -0.2) is 47.1 Å². The van der Waals surface area contributed by atoms with Crippen LogP contribution in [0.25, 0.3) is 0 Å². The Bertz CT molecular complexity index is 357. The molecule has 6 nitrogen and oxygen atoms in total. The van der Waals surface area contributed by atoms with Crippen LogP contribution in [0.3, 0.4) is 0 Å². The predicted octanol–water partition coefficient (Wildman–Crippen LogP) is 1.56. The third-order valence-electron chi connectivity index (χ3n) is 4.03. The Morgan fingerprint density at radius 3 is 2.55 bits per heavy atom. The van der Waals surface area contributed by atoms with E-state index in [0.717, 1.165) is 32.1 Å². The second kappa shape index (κ2) is 9.79. The van der Waals surface area contributed by atoms with Gasteiger partial charge in [0.05, 0.1) is 18.6 Å². The molecule has 2 unspecified atom stereocenters. The Hall–Kier alpha value is -1.14. The van der Waals surface area contributed by atoms with Gasteiger partial charge in [0.1, 0.15) is 6.10 Å². The lowest BCUT2D eigenvalue weighted by molar-refractivity contribution is -0.150. The monoisotopic (exact) mass is 316 g/mol. The lowest BCUT2D eigenvalue weighted by atomic mass is 9.94. The van der Waals surface area contributed by atoms with E-state index in [4.69, 9.17) is 14.6 Å². The van der Waals surface area contributed by atoms with Crippen LogP contribution in [0.2, 0.25) is 0 Å². The van der Waals surface area contributed by atoms with Crippen LogP contribution in [-0.2, 0) is 19.1 Å². The molecule has 6 heteroatoms. The molecule has 0 aromatic heterocycles. The van der Waals surface area contributed by atoms with Crippen LogP contribution in [0.5, 0.6) is 0 Å². The molecule has 0 aromatic rings. The van der Waals surface area contributed by atoms with Crippen molar-refractivity contribution in [2.75, 3.05) is 6.61 Å². The lowest BCUT2D eigenvalue weighted by Gasteiger charge is -2.18. The molecule has 0 aromatic carbocycles. The summed E-state index contributed by atoms with van der Waals surface area (Å²) in [6, 6.07) is 0.